The SMILES string of the molecule is CCCC(N)C(=O)Nc1cccc(OCC(=O)OC)c1. The summed E-state index contributed by atoms with van der Waals surface area (Å²) in [6.07, 6.45) is 1.47. The van der Waals surface area contributed by atoms with E-state index >= 15 is 0 Å². The maximum absolute atomic E-state index is 11.8. The summed E-state index contributed by atoms with van der Waals surface area (Å²) in [6.45, 7) is 1.79. The molecule has 6 heteroatoms. The third-order valence-corrected chi connectivity index (χ3v) is 2.62. The topological polar surface area (TPSA) is 90.7 Å². The molecule has 1 aromatic rings. The van der Waals surface area contributed by atoms with Crippen LogP contribution in [0.15, 0.2) is 24.3 Å². The van der Waals surface area contributed by atoms with E-state index < -0.39 is 12.0 Å². The van der Waals surface area contributed by atoms with Gasteiger partial charge in [-0.25, -0.2) is 4.79 Å². The highest BCUT2D eigenvalue weighted by Gasteiger charge is 2.12. The zero-order chi connectivity index (χ0) is 15.0. The predicted octanol–water partition coefficient (Wildman–Crippen LogP) is 1.30. The fraction of sp³-hybridized carbons (Fsp3) is 0.429. The minimum atomic E-state index is -0.528. The minimum Gasteiger partial charge on any atom is -0.482 e. The number of methoxy groups -OCH3 is 1. The van der Waals surface area contributed by atoms with E-state index in [4.69, 9.17) is 10.5 Å². The van der Waals surface area contributed by atoms with Gasteiger partial charge in [0, 0.05) is 11.8 Å². The van der Waals surface area contributed by atoms with Gasteiger partial charge in [0.25, 0.3) is 0 Å². The van der Waals surface area contributed by atoms with Gasteiger partial charge < -0.3 is 20.5 Å². The largest absolute Gasteiger partial charge is 0.482 e. The number of esters is 1. The first kappa shape index (κ1) is 16.0. The van der Waals surface area contributed by atoms with Crippen molar-refractivity contribution in [3.63, 3.8) is 0 Å². The molecule has 1 atom stereocenters. The van der Waals surface area contributed by atoms with Crippen molar-refractivity contribution in [1.82, 2.24) is 0 Å². The highest BCUT2D eigenvalue weighted by atomic mass is 16.6. The number of nitrogens with two attached hydrogens (primary N) is 1. The van der Waals surface area contributed by atoms with Crippen LogP contribution in [0.3, 0.4) is 0 Å². The van der Waals surface area contributed by atoms with E-state index in [2.05, 4.69) is 10.1 Å². The monoisotopic (exact) mass is 280 g/mol. The van der Waals surface area contributed by atoms with Crippen LogP contribution in [0.4, 0.5) is 5.69 Å². The van der Waals surface area contributed by atoms with Gasteiger partial charge in [-0.2, -0.15) is 0 Å². The molecule has 0 aromatic heterocycles. The molecule has 6 nitrogen and oxygen atoms in total. The van der Waals surface area contributed by atoms with E-state index in [1.54, 1.807) is 24.3 Å². The zero-order valence-corrected chi connectivity index (χ0v) is 11.7. The van der Waals surface area contributed by atoms with E-state index in [-0.39, 0.29) is 12.5 Å². The van der Waals surface area contributed by atoms with Crippen LogP contribution in [0, 0.1) is 0 Å². The molecule has 0 bridgehead atoms. The Morgan fingerprint density at radius 3 is 2.80 bits per heavy atom. The number of carbonyl (C=O) groups excluding carboxylic acids is 2. The Balaban J connectivity index is 2.59. The lowest BCUT2D eigenvalue weighted by molar-refractivity contribution is -0.142. The number of benzene rings is 1. The first-order valence-corrected chi connectivity index (χ1v) is 6.43. The number of amides is 1. The Labute approximate surface area is 118 Å². The number of hydrogen-bond donors (Lipinski definition) is 2. The van der Waals surface area contributed by atoms with Crippen molar-refractivity contribution in [3.8, 4) is 5.75 Å². The number of anilines is 1. The lowest BCUT2D eigenvalue weighted by Gasteiger charge is -2.12. The second-order valence-electron chi connectivity index (χ2n) is 4.28. The first-order chi connectivity index (χ1) is 9.56. The molecule has 0 aliphatic heterocycles. The van der Waals surface area contributed by atoms with Gasteiger partial charge in [0.2, 0.25) is 5.91 Å². The summed E-state index contributed by atoms with van der Waals surface area (Å²) in [5.41, 5.74) is 6.30. The van der Waals surface area contributed by atoms with E-state index in [0.29, 0.717) is 17.9 Å². The van der Waals surface area contributed by atoms with Crippen molar-refractivity contribution in [2.24, 2.45) is 5.73 Å². The number of hydrogen-bond acceptors (Lipinski definition) is 5. The molecule has 0 radical (unpaired) electrons. The Bertz CT molecular complexity index is 462. The van der Waals surface area contributed by atoms with Gasteiger partial charge >= 0.3 is 5.97 Å². The van der Waals surface area contributed by atoms with Gasteiger partial charge in [-0.3, -0.25) is 4.79 Å². The maximum Gasteiger partial charge on any atom is 0.343 e. The molecule has 1 unspecified atom stereocenters. The molecule has 1 amide bonds. The average molecular weight is 280 g/mol. The molecular weight excluding hydrogens is 260 g/mol. The standard InChI is InChI=1S/C14H20N2O4/c1-3-5-12(15)14(18)16-10-6-4-7-11(8-10)20-9-13(17)19-2/h4,6-8,12H,3,5,9,15H2,1-2H3,(H,16,18). The van der Waals surface area contributed by atoms with Crippen LogP contribution in [-0.4, -0.2) is 31.6 Å². The molecular formula is C14H20N2O4. The second kappa shape index (κ2) is 8.16. The van der Waals surface area contributed by atoms with Gasteiger partial charge in [0.05, 0.1) is 13.2 Å². The van der Waals surface area contributed by atoms with Crippen LogP contribution in [0.5, 0.6) is 5.75 Å². The van der Waals surface area contributed by atoms with Crippen LogP contribution in [0.25, 0.3) is 0 Å². The summed E-state index contributed by atoms with van der Waals surface area (Å²) in [5, 5.41) is 2.71. The number of ether oxygens (including phenoxy) is 2. The van der Waals surface area contributed by atoms with Gasteiger partial charge in [-0.1, -0.05) is 19.4 Å². The summed E-state index contributed by atoms with van der Waals surface area (Å²) in [5.74, 6) is -0.237. The van der Waals surface area contributed by atoms with Crippen molar-refractivity contribution < 1.29 is 19.1 Å². The van der Waals surface area contributed by atoms with Crippen LogP contribution in [-0.2, 0) is 14.3 Å². The molecule has 20 heavy (non-hydrogen) atoms. The molecule has 3 N–H and O–H groups in total. The van der Waals surface area contributed by atoms with Crippen LogP contribution in [0.1, 0.15) is 19.8 Å². The molecule has 0 aliphatic rings. The average Bonchev–Trinajstić information content (AvgIpc) is 2.45. The van der Waals surface area contributed by atoms with Crippen molar-refractivity contribution in [1.29, 1.82) is 0 Å². The Hall–Kier alpha value is -2.08. The van der Waals surface area contributed by atoms with Gasteiger partial charge in [-0.15, -0.1) is 0 Å². The van der Waals surface area contributed by atoms with Crippen LogP contribution in [0.2, 0.25) is 0 Å². The van der Waals surface area contributed by atoms with E-state index in [1.165, 1.54) is 7.11 Å². The van der Waals surface area contributed by atoms with E-state index in [0.717, 1.165) is 6.42 Å². The smallest absolute Gasteiger partial charge is 0.343 e. The lowest BCUT2D eigenvalue weighted by atomic mass is 10.1. The zero-order valence-electron chi connectivity index (χ0n) is 11.7. The summed E-state index contributed by atoms with van der Waals surface area (Å²) < 4.78 is 9.71. The second-order valence-corrected chi connectivity index (χ2v) is 4.28. The molecule has 1 rings (SSSR count). The van der Waals surface area contributed by atoms with Crippen molar-refractivity contribution >= 4 is 17.6 Å². The Kier molecular flexibility index (Phi) is 6.52. The van der Waals surface area contributed by atoms with Crippen LogP contribution >= 0.6 is 0 Å². The summed E-state index contributed by atoms with van der Waals surface area (Å²) in [4.78, 5) is 22.8. The van der Waals surface area contributed by atoms with E-state index in [1.807, 2.05) is 6.92 Å². The molecule has 0 heterocycles. The molecule has 0 saturated heterocycles. The quantitative estimate of drug-likeness (QED) is 0.735. The number of nitrogens with one attached hydrogen (secondary N) is 1. The third-order valence-electron chi connectivity index (χ3n) is 2.62. The summed E-state index contributed by atoms with van der Waals surface area (Å²) in [7, 11) is 1.29. The maximum atomic E-state index is 11.8. The van der Waals surface area contributed by atoms with Gasteiger partial charge in [-0.05, 0) is 18.6 Å². The molecule has 1 aromatic carbocycles. The molecule has 0 fully saturated rings. The van der Waals surface area contributed by atoms with Crippen molar-refractivity contribution in [3.05, 3.63) is 24.3 Å². The van der Waals surface area contributed by atoms with Crippen molar-refractivity contribution in [2.45, 2.75) is 25.8 Å². The first-order valence-electron chi connectivity index (χ1n) is 6.43. The predicted molar refractivity (Wildman–Crippen MR) is 75.5 cm³/mol. The molecule has 0 saturated carbocycles. The summed E-state index contributed by atoms with van der Waals surface area (Å²) in [6, 6.07) is 6.22. The minimum absolute atomic E-state index is 0.177. The van der Waals surface area contributed by atoms with Crippen LogP contribution < -0.4 is 15.8 Å². The highest BCUT2D eigenvalue weighted by molar-refractivity contribution is 5.94. The molecule has 0 aliphatic carbocycles. The molecule has 0 spiro atoms. The number of rotatable bonds is 7. The van der Waals surface area contributed by atoms with Gasteiger partial charge in [0.15, 0.2) is 6.61 Å². The van der Waals surface area contributed by atoms with Crippen molar-refractivity contribution in [2.75, 3.05) is 19.0 Å². The Morgan fingerprint density at radius 2 is 2.15 bits per heavy atom. The fourth-order valence-corrected chi connectivity index (χ4v) is 1.54. The summed E-state index contributed by atoms with van der Waals surface area (Å²) >= 11 is 0. The third kappa shape index (κ3) is 5.27. The molecule has 110 valence electrons. The highest BCUT2D eigenvalue weighted by Crippen LogP contribution is 2.17. The lowest BCUT2D eigenvalue weighted by Crippen LogP contribution is -2.35. The van der Waals surface area contributed by atoms with Gasteiger partial charge in [0.1, 0.15) is 5.75 Å². The Morgan fingerprint density at radius 1 is 1.40 bits per heavy atom. The fourth-order valence-electron chi connectivity index (χ4n) is 1.54. The normalized spacial score (nSPS) is 11.6. The van der Waals surface area contributed by atoms with E-state index in [9.17, 15) is 9.59 Å². The number of carbonyl (C=O) groups is 2.